The van der Waals surface area contributed by atoms with Crippen LogP contribution in [-0.4, -0.2) is 11.9 Å². The van der Waals surface area contributed by atoms with Crippen molar-refractivity contribution in [1.82, 2.24) is 0 Å². The van der Waals surface area contributed by atoms with Crippen LogP contribution in [0.25, 0.3) is 0 Å². The second kappa shape index (κ2) is 10.6. The van der Waals surface area contributed by atoms with Crippen molar-refractivity contribution in [2.24, 2.45) is 0 Å². The number of anilines is 4. The molecule has 0 spiro atoms. The lowest BCUT2D eigenvalue weighted by Crippen LogP contribution is -2.11. The highest BCUT2D eigenvalue weighted by Crippen LogP contribution is 2.35. The molecule has 0 aromatic heterocycles. The second-order valence-electron chi connectivity index (χ2n) is 6.93. The van der Waals surface area contributed by atoms with Gasteiger partial charge in [-0.2, -0.15) is 0 Å². The zero-order chi connectivity index (χ0) is 22.9. The van der Waals surface area contributed by atoms with E-state index in [1.165, 1.54) is 0 Å². The summed E-state index contributed by atoms with van der Waals surface area (Å²) in [6.45, 7) is 8.99. The largest absolute Gasteiger partial charge is 0.458 e. The molecule has 3 aromatic carbocycles. The Hall–Kier alpha value is -4.32. The van der Waals surface area contributed by atoms with Crippen LogP contribution in [0.4, 0.5) is 22.7 Å². The Labute approximate surface area is 187 Å². The first-order valence-electron chi connectivity index (χ1n) is 9.94. The first-order chi connectivity index (χ1) is 15.5. The van der Waals surface area contributed by atoms with E-state index in [0.717, 1.165) is 40.3 Å². The van der Waals surface area contributed by atoms with Crippen LogP contribution in [0, 0.1) is 6.92 Å². The van der Waals surface area contributed by atoms with Gasteiger partial charge in [0.2, 0.25) is 0 Å². The van der Waals surface area contributed by atoms with E-state index in [4.69, 9.17) is 9.57 Å². The molecule has 0 radical (unpaired) electrons. The minimum Gasteiger partial charge on any atom is -0.458 e. The zero-order valence-corrected chi connectivity index (χ0v) is 17.8. The Morgan fingerprint density at radius 2 is 1.50 bits per heavy atom. The van der Waals surface area contributed by atoms with Crippen molar-refractivity contribution in [3.05, 3.63) is 109 Å². The highest BCUT2D eigenvalue weighted by molar-refractivity contribution is 5.82. The van der Waals surface area contributed by atoms with Crippen molar-refractivity contribution < 1.29 is 19.2 Å². The number of carbonyl (C=O) groups is 2. The van der Waals surface area contributed by atoms with Crippen LogP contribution in [-0.2, 0) is 25.8 Å². The Morgan fingerprint density at radius 3 is 2.09 bits per heavy atom. The van der Waals surface area contributed by atoms with Crippen LogP contribution < -0.4 is 10.4 Å². The molecule has 3 aromatic rings. The van der Waals surface area contributed by atoms with Gasteiger partial charge in [-0.1, -0.05) is 37.4 Å². The van der Waals surface area contributed by atoms with Gasteiger partial charge in [0, 0.05) is 29.2 Å². The van der Waals surface area contributed by atoms with E-state index in [-0.39, 0.29) is 6.61 Å². The van der Waals surface area contributed by atoms with Gasteiger partial charge in [-0.3, -0.25) is 0 Å². The molecule has 0 bridgehead atoms. The topological polar surface area (TPSA) is 67.9 Å². The summed E-state index contributed by atoms with van der Waals surface area (Å²) in [5, 5.41) is 0. The third-order valence-electron chi connectivity index (χ3n) is 4.56. The molecule has 0 heterocycles. The molecular formula is C26H24N2O4. The van der Waals surface area contributed by atoms with Gasteiger partial charge in [0.05, 0.1) is 5.69 Å². The van der Waals surface area contributed by atoms with Gasteiger partial charge in [-0.25, -0.2) is 15.1 Å². The van der Waals surface area contributed by atoms with Crippen LogP contribution in [0.5, 0.6) is 0 Å². The number of ether oxygens (including phenoxy) is 1. The van der Waals surface area contributed by atoms with Gasteiger partial charge in [0.15, 0.2) is 0 Å². The quantitative estimate of drug-likeness (QED) is 0.266. The zero-order valence-electron chi connectivity index (χ0n) is 17.8. The molecule has 0 saturated heterocycles. The number of carbonyl (C=O) groups excluding carboxylic acids is 2. The first-order valence-corrected chi connectivity index (χ1v) is 9.94. The van der Waals surface area contributed by atoms with Crippen molar-refractivity contribution in [2.45, 2.75) is 13.5 Å². The van der Waals surface area contributed by atoms with Crippen molar-refractivity contribution in [2.75, 3.05) is 10.4 Å². The van der Waals surface area contributed by atoms with E-state index in [1.54, 1.807) is 0 Å². The fourth-order valence-electron chi connectivity index (χ4n) is 3.00. The lowest BCUT2D eigenvalue weighted by molar-refractivity contribution is -0.139. The fourth-order valence-corrected chi connectivity index (χ4v) is 3.00. The van der Waals surface area contributed by atoms with Crippen molar-refractivity contribution >= 4 is 34.7 Å². The van der Waals surface area contributed by atoms with Gasteiger partial charge < -0.3 is 14.5 Å². The summed E-state index contributed by atoms with van der Waals surface area (Å²) in [6, 6.07) is 23.4. The first kappa shape index (κ1) is 22.4. The van der Waals surface area contributed by atoms with E-state index < -0.39 is 11.9 Å². The highest BCUT2D eigenvalue weighted by Gasteiger charge is 2.13. The molecule has 0 amide bonds. The molecule has 0 saturated carbocycles. The lowest BCUT2D eigenvalue weighted by atomic mass is 10.1. The van der Waals surface area contributed by atoms with Gasteiger partial charge in [0.1, 0.15) is 6.61 Å². The van der Waals surface area contributed by atoms with E-state index in [2.05, 4.69) is 29.6 Å². The number of hydrogen-bond acceptors (Lipinski definition) is 6. The van der Waals surface area contributed by atoms with Gasteiger partial charge in [-0.05, 0) is 66.6 Å². The van der Waals surface area contributed by atoms with Gasteiger partial charge >= 0.3 is 11.9 Å². The summed E-state index contributed by atoms with van der Waals surface area (Å²) < 4.78 is 5.10. The summed E-state index contributed by atoms with van der Waals surface area (Å²) in [4.78, 5) is 29.5. The van der Waals surface area contributed by atoms with Crippen molar-refractivity contribution in [3.63, 3.8) is 0 Å². The average molecular weight is 428 g/mol. The number of benzene rings is 3. The standard InChI is InChI=1S/C26H24N2O4/c1-4-25(29)31-18-20-9-13-22(14-10-20)28(24-8-6-7-19(3)17-24)23-15-11-21(12-16-23)27-32-26(30)5-2/h4-17,27H,1-2,18H2,3H3. The monoisotopic (exact) mass is 428 g/mol. The van der Waals surface area contributed by atoms with E-state index in [9.17, 15) is 9.59 Å². The van der Waals surface area contributed by atoms with Crippen LogP contribution >= 0.6 is 0 Å². The molecule has 162 valence electrons. The Morgan fingerprint density at radius 1 is 0.875 bits per heavy atom. The van der Waals surface area contributed by atoms with Gasteiger partial charge in [-0.15, -0.1) is 0 Å². The molecule has 32 heavy (non-hydrogen) atoms. The molecule has 0 aliphatic rings. The van der Waals surface area contributed by atoms with Gasteiger partial charge in [0.25, 0.3) is 0 Å². The number of esters is 1. The molecule has 0 unspecified atom stereocenters. The SMILES string of the molecule is C=CC(=O)OCc1ccc(N(c2ccc(NOC(=O)C=C)cc2)c2cccc(C)c2)cc1. The van der Waals surface area contributed by atoms with Crippen molar-refractivity contribution in [3.8, 4) is 0 Å². The Bertz CT molecular complexity index is 1040. The molecular weight excluding hydrogens is 404 g/mol. The molecule has 6 nitrogen and oxygen atoms in total. The third kappa shape index (κ3) is 5.86. The molecule has 0 fully saturated rings. The molecule has 0 aliphatic heterocycles. The fraction of sp³-hybridized carbons (Fsp3) is 0.0769. The molecule has 0 atom stereocenters. The number of nitrogens with one attached hydrogen (secondary N) is 1. The van der Waals surface area contributed by atoms with E-state index >= 15 is 0 Å². The Balaban J connectivity index is 1.88. The minimum atomic E-state index is -0.561. The second-order valence-corrected chi connectivity index (χ2v) is 6.93. The maximum atomic E-state index is 11.3. The maximum Gasteiger partial charge on any atom is 0.355 e. The average Bonchev–Trinajstić information content (AvgIpc) is 2.82. The van der Waals surface area contributed by atoms with E-state index in [1.807, 2.05) is 73.7 Å². The Kier molecular flexibility index (Phi) is 7.43. The number of hydrogen-bond donors (Lipinski definition) is 1. The lowest BCUT2D eigenvalue weighted by Gasteiger charge is -2.26. The summed E-state index contributed by atoms with van der Waals surface area (Å²) in [6.07, 6.45) is 2.23. The minimum absolute atomic E-state index is 0.180. The summed E-state index contributed by atoms with van der Waals surface area (Å²) in [5.74, 6) is -1.02. The van der Waals surface area contributed by atoms with Crippen molar-refractivity contribution in [1.29, 1.82) is 0 Å². The third-order valence-corrected chi connectivity index (χ3v) is 4.56. The predicted octanol–water partition coefficient (Wildman–Crippen LogP) is 5.75. The highest BCUT2D eigenvalue weighted by atomic mass is 16.7. The van der Waals surface area contributed by atoms with Crippen LogP contribution in [0.15, 0.2) is 98.1 Å². The van der Waals surface area contributed by atoms with Crippen LogP contribution in [0.3, 0.4) is 0 Å². The van der Waals surface area contributed by atoms with Crippen LogP contribution in [0.2, 0.25) is 0 Å². The molecule has 0 aliphatic carbocycles. The summed E-state index contributed by atoms with van der Waals surface area (Å²) in [5.41, 5.74) is 8.09. The summed E-state index contributed by atoms with van der Waals surface area (Å²) in [7, 11) is 0. The molecule has 3 rings (SSSR count). The smallest absolute Gasteiger partial charge is 0.355 e. The van der Waals surface area contributed by atoms with E-state index in [0.29, 0.717) is 5.69 Å². The number of nitrogens with zero attached hydrogens (tertiary/aromatic N) is 1. The number of aryl methyl sites for hydroxylation is 1. The maximum absolute atomic E-state index is 11.3. The summed E-state index contributed by atoms with van der Waals surface area (Å²) >= 11 is 0. The molecule has 6 heteroatoms. The molecule has 1 N–H and O–H groups in total. The normalized spacial score (nSPS) is 10.0. The predicted molar refractivity (Wildman–Crippen MR) is 126 cm³/mol. The van der Waals surface area contributed by atoms with Crippen LogP contribution in [0.1, 0.15) is 11.1 Å². The number of rotatable bonds is 9.